The number of aryl methyl sites for hydroxylation is 1. The van der Waals surface area contributed by atoms with Gasteiger partial charge in [-0.15, -0.1) is 0 Å². The van der Waals surface area contributed by atoms with Gasteiger partial charge in [0.05, 0.1) is 0 Å². The first-order valence-corrected chi connectivity index (χ1v) is 10.7. The van der Waals surface area contributed by atoms with Gasteiger partial charge in [0.25, 0.3) is 0 Å². The Kier molecular flexibility index (Phi) is 4.94. The molecule has 150 valence electrons. The lowest BCUT2D eigenvalue weighted by molar-refractivity contribution is 0.498. The molecule has 0 aromatic heterocycles. The molecule has 0 bridgehead atoms. The summed E-state index contributed by atoms with van der Waals surface area (Å²) in [5.74, 6) is 0. The van der Waals surface area contributed by atoms with E-state index in [1.54, 1.807) is 0 Å². The second-order valence-corrected chi connectivity index (χ2v) is 11.7. The molecular weight excluding hydrogens is 336 g/mol. The van der Waals surface area contributed by atoms with Crippen LogP contribution in [-0.4, -0.2) is 0 Å². The molecule has 0 heteroatoms. The summed E-state index contributed by atoms with van der Waals surface area (Å²) in [6.07, 6.45) is 3.55. The average molecular weight is 375 g/mol. The molecule has 0 radical (unpaired) electrons. The van der Waals surface area contributed by atoms with Crippen LogP contribution in [0.3, 0.4) is 0 Å². The molecule has 0 unspecified atom stereocenters. The fraction of sp³-hybridized carbons (Fsp3) is 0.500. The molecule has 0 amide bonds. The standard InChI is InChI=1S/C28H38/c1-18-11-12-19-13-23(28(8,9)10)17-24(19)25(18)20-14-21(26(2,3)4)16-22(15-20)27(5,6)7/h11-12,14-17H,13H2,1-10H3. The molecular formula is C28H38. The van der Waals surface area contributed by atoms with Gasteiger partial charge in [-0.3, -0.25) is 0 Å². The van der Waals surface area contributed by atoms with E-state index in [4.69, 9.17) is 0 Å². The first-order valence-electron chi connectivity index (χ1n) is 10.7. The van der Waals surface area contributed by atoms with Crippen molar-refractivity contribution in [3.8, 4) is 11.1 Å². The zero-order valence-electron chi connectivity index (χ0n) is 19.7. The number of hydrogen-bond acceptors (Lipinski definition) is 0. The molecule has 0 saturated carbocycles. The van der Waals surface area contributed by atoms with E-state index in [0.717, 1.165) is 6.42 Å². The number of fused-ring (bicyclic) bond motifs is 1. The zero-order chi connectivity index (χ0) is 21.1. The van der Waals surface area contributed by atoms with Gasteiger partial charge in [-0.1, -0.05) is 104 Å². The number of hydrogen-bond donors (Lipinski definition) is 0. The third-order valence-corrected chi connectivity index (χ3v) is 6.16. The van der Waals surface area contributed by atoms with Crippen LogP contribution in [0.2, 0.25) is 0 Å². The number of allylic oxidation sites excluding steroid dienone is 1. The maximum atomic E-state index is 2.47. The molecule has 0 heterocycles. The third-order valence-electron chi connectivity index (χ3n) is 6.16. The minimum absolute atomic E-state index is 0.133. The third kappa shape index (κ3) is 3.97. The Hall–Kier alpha value is -1.82. The Labute approximate surface area is 173 Å². The predicted molar refractivity (Wildman–Crippen MR) is 125 cm³/mol. The Morgan fingerprint density at radius 1 is 0.679 bits per heavy atom. The maximum absolute atomic E-state index is 2.47. The summed E-state index contributed by atoms with van der Waals surface area (Å²) in [6, 6.07) is 11.9. The van der Waals surface area contributed by atoms with Gasteiger partial charge in [0.1, 0.15) is 0 Å². The van der Waals surface area contributed by atoms with Crippen molar-refractivity contribution in [1.82, 2.24) is 0 Å². The van der Waals surface area contributed by atoms with E-state index < -0.39 is 0 Å². The summed E-state index contributed by atoms with van der Waals surface area (Å²) in [5.41, 5.74) is 11.9. The minimum atomic E-state index is 0.133. The lowest BCUT2D eigenvalue weighted by atomic mass is 9.78. The molecule has 0 saturated heterocycles. The van der Waals surface area contributed by atoms with Gasteiger partial charge in [-0.25, -0.2) is 0 Å². The summed E-state index contributed by atoms with van der Waals surface area (Å²) in [6.45, 7) is 23.2. The van der Waals surface area contributed by atoms with Gasteiger partial charge < -0.3 is 0 Å². The highest BCUT2D eigenvalue weighted by Gasteiger charge is 2.27. The second-order valence-electron chi connectivity index (χ2n) is 11.7. The molecule has 0 spiro atoms. The van der Waals surface area contributed by atoms with Crippen LogP contribution in [-0.2, 0) is 17.3 Å². The monoisotopic (exact) mass is 374 g/mol. The summed E-state index contributed by atoms with van der Waals surface area (Å²) in [4.78, 5) is 0. The second kappa shape index (κ2) is 6.61. The number of benzene rings is 2. The molecule has 0 nitrogen and oxygen atoms in total. The lowest BCUT2D eigenvalue weighted by Gasteiger charge is -2.27. The SMILES string of the molecule is Cc1ccc2c(c1-c1cc(C(C)(C)C)cc(C(C)(C)C)c1)C=C(C(C)(C)C)C2. The average Bonchev–Trinajstić information content (AvgIpc) is 2.97. The van der Waals surface area contributed by atoms with E-state index in [2.05, 4.69) is 106 Å². The lowest BCUT2D eigenvalue weighted by Crippen LogP contribution is -2.16. The molecule has 2 aromatic rings. The van der Waals surface area contributed by atoms with E-state index in [9.17, 15) is 0 Å². The molecule has 3 rings (SSSR count). The molecule has 0 N–H and O–H groups in total. The van der Waals surface area contributed by atoms with Gasteiger partial charge in [0, 0.05) is 0 Å². The summed E-state index contributed by atoms with van der Waals surface area (Å²) in [5, 5.41) is 0. The van der Waals surface area contributed by atoms with E-state index in [0.29, 0.717) is 0 Å². The van der Waals surface area contributed by atoms with Gasteiger partial charge >= 0.3 is 0 Å². The molecule has 0 fully saturated rings. The Balaban J connectivity index is 2.29. The largest absolute Gasteiger partial charge is 0.0598 e. The summed E-state index contributed by atoms with van der Waals surface area (Å²) >= 11 is 0. The van der Waals surface area contributed by atoms with E-state index in [1.807, 2.05) is 0 Å². The summed E-state index contributed by atoms with van der Waals surface area (Å²) < 4.78 is 0. The first kappa shape index (κ1) is 20.9. The number of rotatable bonds is 1. The topological polar surface area (TPSA) is 0 Å². The summed E-state index contributed by atoms with van der Waals surface area (Å²) in [7, 11) is 0. The van der Waals surface area contributed by atoms with E-state index >= 15 is 0 Å². The van der Waals surface area contributed by atoms with Crippen LogP contribution < -0.4 is 0 Å². The van der Waals surface area contributed by atoms with Crippen LogP contribution in [0.1, 0.15) is 90.1 Å². The zero-order valence-corrected chi connectivity index (χ0v) is 19.7. The van der Waals surface area contributed by atoms with Crippen molar-refractivity contribution in [2.45, 2.75) is 86.5 Å². The van der Waals surface area contributed by atoms with Crippen LogP contribution in [0.15, 0.2) is 35.9 Å². The van der Waals surface area contributed by atoms with Crippen LogP contribution >= 0.6 is 0 Å². The maximum Gasteiger partial charge on any atom is -0.00523 e. The molecule has 0 atom stereocenters. The fourth-order valence-corrected chi connectivity index (χ4v) is 4.02. The molecule has 0 aliphatic heterocycles. The normalized spacial score (nSPS) is 14.9. The van der Waals surface area contributed by atoms with Crippen molar-refractivity contribution in [3.63, 3.8) is 0 Å². The Bertz CT molecular complexity index is 899. The highest BCUT2D eigenvalue weighted by Crippen LogP contribution is 2.43. The smallest absolute Gasteiger partial charge is 0.00523 e. The molecule has 1 aliphatic carbocycles. The quantitative estimate of drug-likeness (QED) is 0.471. The van der Waals surface area contributed by atoms with Gasteiger partial charge in [-0.05, 0) is 68.5 Å². The molecule has 28 heavy (non-hydrogen) atoms. The van der Waals surface area contributed by atoms with Crippen molar-refractivity contribution in [3.05, 3.63) is 63.7 Å². The van der Waals surface area contributed by atoms with Crippen LogP contribution in [0.4, 0.5) is 0 Å². The van der Waals surface area contributed by atoms with Crippen LogP contribution in [0.5, 0.6) is 0 Å². The van der Waals surface area contributed by atoms with Gasteiger partial charge in [0.2, 0.25) is 0 Å². The molecule has 2 aromatic carbocycles. The van der Waals surface area contributed by atoms with Gasteiger partial charge in [0.15, 0.2) is 0 Å². The van der Waals surface area contributed by atoms with E-state index in [-0.39, 0.29) is 16.2 Å². The van der Waals surface area contributed by atoms with Crippen molar-refractivity contribution < 1.29 is 0 Å². The van der Waals surface area contributed by atoms with Crippen LogP contribution in [0, 0.1) is 12.3 Å². The van der Waals surface area contributed by atoms with E-state index in [1.165, 1.54) is 44.5 Å². The predicted octanol–water partition coefficient (Wildman–Crippen LogP) is 8.24. The van der Waals surface area contributed by atoms with Crippen molar-refractivity contribution in [2.75, 3.05) is 0 Å². The van der Waals surface area contributed by atoms with Gasteiger partial charge in [-0.2, -0.15) is 0 Å². The van der Waals surface area contributed by atoms with Crippen LogP contribution in [0.25, 0.3) is 17.2 Å². The first-order chi connectivity index (χ1) is 12.7. The fourth-order valence-electron chi connectivity index (χ4n) is 4.02. The van der Waals surface area contributed by atoms with Crippen molar-refractivity contribution in [1.29, 1.82) is 0 Å². The van der Waals surface area contributed by atoms with Crippen molar-refractivity contribution >= 4 is 6.08 Å². The minimum Gasteiger partial charge on any atom is -0.0598 e. The highest BCUT2D eigenvalue weighted by molar-refractivity contribution is 5.84. The molecule has 1 aliphatic rings. The Morgan fingerprint density at radius 2 is 1.21 bits per heavy atom. The highest BCUT2D eigenvalue weighted by atomic mass is 14.3. The van der Waals surface area contributed by atoms with Crippen molar-refractivity contribution in [2.24, 2.45) is 5.41 Å². The Morgan fingerprint density at radius 3 is 1.68 bits per heavy atom.